The van der Waals surface area contributed by atoms with Crippen LogP contribution in [0.3, 0.4) is 0 Å². The maximum atomic E-state index is 5.39. The van der Waals surface area contributed by atoms with Gasteiger partial charge in [-0.05, 0) is 24.3 Å². The van der Waals surface area contributed by atoms with Crippen LogP contribution in [0.25, 0.3) is 0 Å². The Balaban J connectivity index is 1.95. The van der Waals surface area contributed by atoms with Crippen LogP contribution in [0.4, 0.5) is 0 Å². The lowest BCUT2D eigenvalue weighted by Crippen LogP contribution is -1.89. The van der Waals surface area contributed by atoms with Gasteiger partial charge in [0, 0.05) is 5.56 Å². The Morgan fingerprint density at radius 3 is 2.35 bits per heavy atom. The minimum absolute atomic E-state index is 0.513. The summed E-state index contributed by atoms with van der Waals surface area (Å²) in [5.74, 6) is 0.852. The van der Waals surface area contributed by atoms with Gasteiger partial charge >= 0.3 is 0 Å². The maximum Gasteiger partial charge on any atom is 0.291 e. The van der Waals surface area contributed by atoms with Gasteiger partial charge < -0.3 is 9.16 Å². The second-order valence-corrected chi connectivity index (χ2v) is 3.60. The van der Waals surface area contributed by atoms with Crippen molar-refractivity contribution in [2.45, 2.75) is 6.61 Å². The summed E-state index contributed by atoms with van der Waals surface area (Å²) in [6.07, 6.45) is 2.89. The minimum Gasteiger partial charge on any atom is -0.497 e. The Kier molecular flexibility index (Phi) is 3.92. The SMILES string of the molecule is COc1ccc(C[O+]=[C-]c2ccccc2)cc1. The molecule has 0 heterocycles. The molecule has 2 heteroatoms. The van der Waals surface area contributed by atoms with E-state index < -0.39 is 0 Å². The molecule has 0 bridgehead atoms. The molecule has 0 saturated heterocycles. The smallest absolute Gasteiger partial charge is 0.291 e. The molecule has 2 aromatic rings. The first-order chi connectivity index (χ1) is 8.38. The lowest BCUT2D eigenvalue weighted by molar-refractivity contribution is 0.0922. The van der Waals surface area contributed by atoms with Gasteiger partial charge in [-0.25, -0.2) is 0 Å². The molecule has 0 aliphatic heterocycles. The molecule has 86 valence electrons. The quantitative estimate of drug-likeness (QED) is 0.580. The number of hydrogen-bond donors (Lipinski definition) is 0. The van der Waals surface area contributed by atoms with E-state index in [2.05, 4.69) is 6.29 Å². The van der Waals surface area contributed by atoms with E-state index in [1.54, 1.807) is 7.11 Å². The highest BCUT2D eigenvalue weighted by Crippen LogP contribution is 2.11. The lowest BCUT2D eigenvalue weighted by Gasteiger charge is -1.98. The first-order valence-electron chi connectivity index (χ1n) is 5.44. The van der Waals surface area contributed by atoms with Crippen molar-refractivity contribution in [2.24, 2.45) is 0 Å². The monoisotopic (exact) mass is 226 g/mol. The Morgan fingerprint density at radius 1 is 1.00 bits per heavy atom. The van der Waals surface area contributed by atoms with Gasteiger partial charge in [-0.1, -0.05) is 11.6 Å². The molecule has 0 aromatic heterocycles. The molecule has 2 rings (SSSR count). The van der Waals surface area contributed by atoms with Crippen molar-refractivity contribution >= 4 is 6.29 Å². The van der Waals surface area contributed by atoms with Crippen LogP contribution in [0.1, 0.15) is 11.1 Å². The molecular formula is C15H14O2. The van der Waals surface area contributed by atoms with E-state index in [1.807, 2.05) is 54.6 Å². The molecule has 17 heavy (non-hydrogen) atoms. The Labute approximate surface area is 101 Å². The number of carbonyl (C=O) groups excluding carboxylic acids is 1. The second kappa shape index (κ2) is 5.85. The van der Waals surface area contributed by atoms with Gasteiger partial charge in [0.05, 0.1) is 7.11 Å². The third-order valence-corrected chi connectivity index (χ3v) is 2.36. The molecule has 0 aliphatic rings. The topological polar surface area (TPSA) is 20.5 Å². The van der Waals surface area contributed by atoms with Gasteiger partial charge in [0.2, 0.25) is 0 Å². The first kappa shape index (κ1) is 11.4. The summed E-state index contributed by atoms with van der Waals surface area (Å²) in [6.45, 7) is 0.513. The summed E-state index contributed by atoms with van der Waals surface area (Å²) in [5.41, 5.74) is 2.04. The van der Waals surface area contributed by atoms with Crippen LogP contribution in [0, 0.1) is 0 Å². The Bertz CT molecular complexity index is 472. The summed E-state index contributed by atoms with van der Waals surface area (Å²) in [5, 5.41) is 0. The largest absolute Gasteiger partial charge is 0.497 e. The van der Waals surface area contributed by atoms with Crippen molar-refractivity contribution in [1.29, 1.82) is 0 Å². The predicted molar refractivity (Wildman–Crippen MR) is 67.9 cm³/mol. The van der Waals surface area contributed by atoms with Crippen LogP contribution in [0.5, 0.6) is 5.75 Å². The molecular weight excluding hydrogens is 212 g/mol. The van der Waals surface area contributed by atoms with Crippen molar-refractivity contribution in [3.63, 3.8) is 0 Å². The second-order valence-electron chi connectivity index (χ2n) is 3.60. The molecule has 0 N–H and O–H groups in total. The zero-order valence-corrected chi connectivity index (χ0v) is 9.72. The summed E-state index contributed by atoms with van der Waals surface area (Å²) in [6, 6.07) is 17.6. The molecule has 0 spiro atoms. The van der Waals surface area contributed by atoms with Gasteiger partial charge in [-0.3, -0.25) is 0 Å². The third kappa shape index (κ3) is 3.45. The van der Waals surface area contributed by atoms with E-state index >= 15 is 0 Å². The van der Waals surface area contributed by atoms with E-state index in [4.69, 9.17) is 9.16 Å². The van der Waals surface area contributed by atoms with E-state index in [9.17, 15) is 0 Å². The normalized spacial score (nSPS) is 10.6. The number of methoxy groups -OCH3 is 1. The molecule has 2 aromatic carbocycles. The van der Waals surface area contributed by atoms with Crippen molar-refractivity contribution in [3.05, 3.63) is 65.7 Å². The average Bonchev–Trinajstić information content (AvgIpc) is 2.41. The van der Waals surface area contributed by atoms with Crippen LogP contribution in [0.2, 0.25) is 0 Å². The number of benzene rings is 2. The highest BCUT2D eigenvalue weighted by Gasteiger charge is 1.97. The highest BCUT2D eigenvalue weighted by molar-refractivity contribution is 5.75. The van der Waals surface area contributed by atoms with Gasteiger partial charge in [0.15, 0.2) is 0 Å². The zero-order valence-electron chi connectivity index (χ0n) is 9.72. The number of ether oxygens (including phenoxy) is 1. The molecule has 0 fully saturated rings. The molecule has 0 atom stereocenters. The highest BCUT2D eigenvalue weighted by atomic mass is 16.5. The Hall–Kier alpha value is -2.09. The average molecular weight is 226 g/mol. The maximum absolute atomic E-state index is 5.39. The van der Waals surface area contributed by atoms with Crippen LogP contribution in [-0.4, -0.2) is 13.4 Å². The van der Waals surface area contributed by atoms with Crippen molar-refractivity contribution in [2.75, 3.05) is 7.11 Å². The van der Waals surface area contributed by atoms with Gasteiger partial charge in [0.1, 0.15) is 5.75 Å². The fraction of sp³-hybridized carbons (Fsp3) is 0.133. The van der Waals surface area contributed by atoms with E-state index in [0.29, 0.717) is 6.61 Å². The summed E-state index contributed by atoms with van der Waals surface area (Å²) < 4.78 is 10.5. The van der Waals surface area contributed by atoms with Crippen molar-refractivity contribution < 1.29 is 9.16 Å². The van der Waals surface area contributed by atoms with E-state index in [1.165, 1.54) is 0 Å². The minimum atomic E-state index is 0.513. The summed E-state index contributed by atoms with van der Waals surface area (Å²) in [4.78, 5) is 0. The van der Waals surface area contributed by atoms with Gasteiger partial charge in [0.25, 0.3) is 12.9 Å². The van der Waals surface area contributed by atoms with Crippen molar-refractivity contribution in [3.8, 4) is 5.75 Å². The van der Waals surface area contributed by atoms with Crippen LogP contribution >= 0.6 is 0 Å². The van der Waals surface area contributed by atoms with E-state index in [0.717, 1.165) is 16.9 Å². The third-order valence-electron chi connectivity index (χ3n) is 2.36. The Morgan fingerprint density at radius 2 is 1.71 bits per heavy atom. The molecule has 0 saturated carbocycles. The van der Waals surface area contributed by atoms with Crippen LogP contribution < -0.4 is 4.74 Å². The van der Waals surface area contributed by atoms with E-state index in [-0.39, 0.29) is 0 Å². The fourth-order valence-corrected chi connectivity index (χ4v) is 1.43. The standard InChI is InChI=1S/C15H14O2/c1-16-15-9-7-14(8-10-15)12-17-11-13-5-3-2-4-6-13/h2-10H,12H2,1H3. The molecule has 2 nitrogen and oxygen atoms in total. The lowest BCUT2D eigenvalue weighted by atomic mass is 10.2. The molecule has 0 aliphatic carbocycles. The summed E-state index contributed by atoms with van der Waals surface area (Å²) >= 11 is 0. The number of rotatable bonds is 4. The van der Waals surface area contributed by atoms with Crippen LogP contribution in [0.15, 0.2) is 54.6 Å². The van der Waals surface area contributed by atoms with Crippen LogP contribution in [-0.2, 0) is 11.0 Å². The van der Waals surface area contributed by atoms with Gasteiger partial charge in [-0.2, -0.15) is 12.1 Å². The van der Waals surface area contributed by atoms with Crippen molar-refractivity contribution in [1.82, 2.24) is 0 Å². The number of hydrogen-bond acceptors (Lipinski definition) is 1. The first-order valence-corrected chi connectivity index (χ1v) is 5.44. The van der Waals surface area contributed by atoms with Gasteiger partial charge in [-0.15, -0.1) is 12.1 Å². The molecule has 0 amide bonds. The zero-order chi connectivity index (χ0) is 11.9. The molecule has 0 unspecified atom stereocenters. The summed E-state index contributed by atoms with van der Waals surface area (Å²) in [7, 11) is 1.66. The fourth-order valence-electron chi connectivity index (χ4n) is 1.43. The predicted octanol–water partition coefficient (Wildman–Crippen LogP) is 2.89. The molecule has 0 radical (unpaired) electrons.